The van der Waals surface area contributed by atoms with Crippen molar-refractivity contribution >= 4 is 11.7 Å². The van der Waals surface area contributed by atoms with E-state index in [9.17, 15) is 9.59 Å². The van der Waals surface area contributed by atoms with Crippen LogP contribution in [0.25, 0.3) is 0 Å². The molecule has 0 unspecified atom stereocenters. The maximum absolute atomic E-state index is 12.0. The third-order valence-electron chi connectivity index (χ3n) is 3.69. The molecular formula is C17H23N5O2. The third kappa shape index (κ3) is 4.65. The van der Waals surface area contributed by atoms with E-state index in [4.69, 9.17) is 0 Å². The summed E-state index contributed by atoms with van der Waals surface area (Å²) in [5, 5.41) is 5.96. The number of H-pyrrole nitrogens is 1. The minimum absolute atomic E-state index is 0.0285. The fourth-order valence-corrected chi connectivity index (χ4v) is 2.32. The summed E-state index contributed by atoms with van der Waals surface area (Å²) in [5.41, 5.74) is 1.83. The number of carbonyl (C=O) groups excluding carboxylic acids is 1. The number of carbonyl (C=O) groups is 1. The van der Waals surface area contributed by atoms with Crippen LogP contribution >= 0.6 is 0 Å². The molecule has 2 rings (SSSR count). The number of hydrogen-bond donors (Lipinski definition) is 3. The first kappa shape index (κ1) is 17.7. The lowest BCUT2D eigenvalue weighted by molar-refractivity contribution is -0.120. The second-order valence-electron chi connectivity index (χ2n) is 5.55. The SMILES string of the molecule is CCc1nc(C)c(CC(=O)NCCNc2ncccc2C)c(=O)[nH]1. The van der Waals surface area contributed by atoms with Gasteiger partial charge < -0.3 is 15.6 Å². The van der Waals surface area contributed by atoms with Gasteiger partial charge in [-0.1, -0.05) is 13.0 Å². The summed E-state index contributed by atoms with van der Waals surface area (Å²) in [6, 6.07) is 3.84. The Bertz CT molecular complexity index is 770. The van der Waals surface area contributed by atoms with Crippen LogP contribution < -0.4 is 16.2 Å². The van der Waals surface area contributed by atoms with Crippen LogP contribution in [0, 0.1) is 13.8 Å². The van der Waals surface area contributed by atoms with Gasteiger partial charge in [0.2, 0.25) is 5.91 Å². The molecule has 7 nitrogen and oxygen atoms in total. The molecule has 1 amide bonds. The van der Waals surface area contributed by atoms with Crippen molar-refractivity contribution in [3.8, 4) is 0 Å². The number of aromatic nitrogens is 3. The molecule has 0 fully saturated rings. The van der Waals surface area contributed by atoms with Gasteiger partial charge in [-0.25, -0.2) is 9.97 Å². The molecule has 2 heterocycles. The molecule has 0 radical (unpaired) electrons. The van der Waals surface area contributed by atoms with Gasteiger partial charge in [-0.3, -0.25) is 9.59 Å². The predicted molar refractivity (Wildman–Crippen MR) is 93.2 cm³/mol. The van der Waals surface area contributed by atoms with E-state index in [0.29, 0.717) is 36.6 Å². The Balaban J connectivity index is 1.84. The first-order valence-corrected chi connectivity index (χ1v) is 8.02. The molecule has 0 aliphatic heterocycles. The third-order valence-corrected chi connectivity index (χ3v) is 3.69. The number of rotatable bonds is 7. The van der Waals surface area contributed by atoms with Crippen molar-refractivity contribution in [1.29, 1.82) is 0 Å². The maximum Gasteiger partial charge on any atom is 0.254 e. The van der Waals surface area contributed by atoms with Crippen molar-refractivity contribution in [3.05, 3.63) is 51.3 Å². The van der Waals surface area contributed by atoms with Crippen LogP contribution in [0.4, 0.5) is 5.82 Å². The number of aromatic amines is 1. The Kier molecular flexibility index (Phi) is 6.06. The minimum atomic E-state index is -0.239. The Morgan fingerprint density at radius 1 is 1.29 bits per heavy atom. The van der Waals surface area contributed by atoms with Gasteiger partial charge in [-0.2, -0.15) is 0 Å². The number of aryl methyl sites for hydroxylation is 3. The topological polar surface area (TPSA) is 99.8 Å². The number of amides is 1. The lowest BCUT2D eigenvalue weighted by Crippen LogP contribution is -2.32. The predicted octanol–water partition coefficient (Wildman–Crippen LogP) is 1.11. The average molecular weight is 329 g/mol. The summed E-state index contributed by atoms with van der Waals surface area (Å²) in [4.78, 5) is 35.2. The molecule has 24 heavy (non-hydrogen) atoms. The largest absolute Gasteiger partial charge is 0.368 e. The summed E-state index contributed by atoms with van der Waals surface area (Å²) in [6.07, 6.45) is 2.40. The molecule has 7 heteroatoms. The van der Waals surface area contributed by atoms with Gasteiger partial charge in [0.25, 0.3) is 5.56 Å². The number of nitrogens with one attached hydrogen (secondary N) is 3. The molecular weight excluding hydrogens is 306 g/mol. The Hall–Kier alpha value is -2.70. The number of nitrogens with zero attached hydrogens (tertiary/aromatic N) is 2. The van der Waals surface area contributed by atoms with E-state index in [0.717, 1.165) is 11.4 Å². The second-order valence-corrected chi connectivity index (χ2v) is 5.55. The van der Waals surface area contributed by atoms with Crippen LogP contribution in [0.15, 0.2) is 23.1 Å². The summed E-state index contributed by atoms with van der Waals surface area (Å²) < 4.78 is 0. The maximum atomic E-state index is 12.0. The zero-order valence-electron chi connectivity index (χ0n) is 14.3. The molecule has 0 aromatic carbocycles. The molecule has 2 aromatic rings. The van der Waals surface area contributed by atoms with E-state index in [1.165, 1.54) is 0 Å². The van der Waals surface area contributed by atoms with Gasteiger partial charge in [0, 0.05) is 37.0 Å². The van der Waals surface area contributed by atoms with Crippen molar-refractivity contribution < 1.29 is 4.79 Å². The highest BCUT2D eigenvalue weighted by Crippen LogP contribution is 2.07. The van der Waals surface area contributed by atoms with Gasteiger partial charge >= 0.3 is 0 Å². The zero-order chi connectivity index (χ0) is 17.5. The molecule has 0 saturated heterocycles. The minimum Gasteiger partial charge on any atom is -0.368 e. The van der Waals surface area contributed by atoms with Crippen LogP contribution in [-0.4, -0.2) is 33.9 Å². The Labute approximate surface area is 140 Å². The van der Waals surface area contributed by atoms with Crippen LogP contribution in [0.3, 0.4) is 0 Å². The Morgan fingerprint density at radius 2 is 2.08 bits per heavy atom. The van der Waals surface area contributed by atoms with Crippen molar-refractivity contribution in [2.75, 3.05) is 18.4 Å². The highest BCUT2D eigenvalue weighted by Gasteiger charge is 2.12. The van der Waals surface area contributed by atoms with Gasteiger partial charge in [-0.05, 0) is 25.5 Å². The van der Waals surface area contributed by atoms with E-state index < -0.39 is 0 Å². The molecule has 3 N–H and O–H groups in total. The second kappa shape index (κ2) is 8.24. The average Bonchev–Trinajstić information content (AvgIpc) is 2.56. The van der Waals surface area contributed by atoms with Crippen molar-refractivity contribution in [1.82, 2.24) is 20.3 Å². The van der Waals surface area contributed by atoms with E-state index in [1.807, 2.05) is 26.0 Å². The smallest absolute Gasteiger partial charge is 0.254 e. The number of anilines is 1. The van der Waals surface area contributed by atoms with Crippen molar-refractivity contribution in [2.45, 2.75) is 33.6 Å². The standard InChI is InChI=1S/C17H23N5O2/c1-4-14-21-12(3)13(17(24)22-14)10-15(23)18-8-9-20-16-11(2)6-5-7-19-16/h5-7H,4,8-10H2,1-3H3,(H,18,23)(H,19,20)(H,21,22,24). The fourth-order valence-electron chi connectivity index (χ4n) is 2.32. The van der Waals surface area contributed by atoms with E-state index in [-0.39, 0.29) is 17.9 Å². The quantitative estimate of drug-likeness (QED) is 0.661. The number of hydrogen-bond acceptors (Lipinski definition) is 5. The fraction of sp³-hybridized carbons (Fsp3) is 0.412. The van der Waals surface area contributed by atoms with Crippen molar-refractivity contribution in [2.24, 2.45) is 0 Å². The summed E-state index contributed by atoms with van der Waals surface area (Å²) in [6.45, 7) is 6.65. The highest BCUT2D eigenvalue weighted by atomic mass is 16.2. The lowest BCUT2D eigenvalue weighted by Gasteiger charge is -2.10. The van der Waals surface area contributed by atoms with Gasteiger partial charge in [0.1, 0.15) is 11.6 Å². The molecule has 0 bridgehead atoms. The van der Waals surface area contributed by atoms with Crippen molar-refractivity contribution in [3.63, 3.8) is 0 Å². The highest BCUT2D eigenvalue weighted by molar-refractivity contribution is 5.78. The molecule has 0 spiro atoms. The number of pyridine rings is 1. The molecule has 0 saturated carbocycles. The van der Waals surface area contributed by atoms with Crippen LogP contribution in [0.1, 0.15) is 29.6 Å². The van der Waals surface area contributed by atoms with Gasteiger partial charge in [0.05, 0.1) is 6.42 Å². The molecule has 0 atom stereocenters. The zero-order valence-corrected chi connectivity index (χ0v) is 14.3. The molecule has 0 aliphatic carbocycles. The van der Waals surface area contributed by atoms with E-state index in [1.54, 1.807) is 13.1 Å². The molecule has 0 aliphatic rings. The van der Waals surface area contributed by atoms with Gasteiger partial charge in [-0.15, -0.1) is 0 Å². The van der Waals surface area contributed by atoms with E-state index >= 15 is 0 Å². The van der Waals surface area contributed by atoms with Crippen LogP contribution in [0.2, 0.25) is 0 Å². The Morgan fingerprint density at radius 3 is 2.75 bits per heavy atom. The summed E-state index contributed by atoms with van der Waals surface area (Å²) >= 11 is 0. The van der Waals surface area contributed by atoms with E-state index in [2.05, 4.69) is 25.6 Å². The van der Waals surface area contributed by atoms with Crippen LogP contribution in [-0.2, 0) is 17.6 Å². The summed E-state index contributed by atoms with van der Waals surface area (Å²) in [5.74, 6) is 1.24. The monoisotopic (exact) mass is 329 g/mol. The molecule has 2 aromatic heterocycles. The molecule has 128 valence electrons. The summed E-state index contributed by atoms with van der Waals surface area (Å²) in [7, 11) is 0. The van der Waals surface area contributed by atoms with Crippen LogP contribution in [0.5, 0.6) is 0 Å². The van der Waals surface area contributed by atoms with Gasteiger partial charge in [0.15, 0.2) is 0 Å². The lowest BCUT2D eigenvalue weighted by atomic mass is 10.1. The first-order chi connectivity index (χ1) is 11.5. The first-order valence-electron chi connectivity index (χ1n) is 8.02. The normalized spacial score (nSPS) is 10.5.